The molecule has 0 amide bonds. The summed E-state index contributed by atoms with van der Waals surface area (Å²) in [6.45, 7) is 1.56. The molecule has 0 atom stereocenters. The summed E-state index contributed by atoms with van der Waals surface area (Å²) in [6.07, 6.45) is 2.09. The molecule has 1 aliphatic heterocycles. The zero-order chi connectivity index (χ0) is 15.7. The zero-order valence-electron chi connectivity index (χ0n) is 13.0. The van der Waals surface area contributed by atoms with Gasteiger partial charge in [-0.05, 0) is 30.5 Å². The minimum atomic E-state index is 0.249. The van der Waals surface area contributed by atoms with Crippen molar-refractivity contribution in [1.82, 2.24) is 15.0 Å². The Morgan fingerprint density at radius 2 is 2.00 bits per heavy atom. The highest BCUT2D eigenvalue weighted by Crippen LogP contribution is 2.31. The van der Waals surface area contributed by atoms with Gasteiger partial charge in [0.05, 0.1) is 6.54 Å². The zero-order valence-corrected chi connectivity index (χ0v) is 13.0. The van der Waals surface area contributed by atoms with Gasteiger partial charge in [0.25, 0.3) is 0 Å². The lowest BCUT2D eigenvalue weighted by Gasteiger charge is -2.31. The fourth-order valence-electron chi connectivity index (χ4n) is 2.76. The normalized spacial score (nSPS) is 13.8. The van der Waals surface area contributed by atoms with E-state index in [1.54, 1.807) is 0 Å². The van der Waals surface area contributed by atoms with Crippen molar-refractivity contribution in [3.8, 4) is 0 Å². The summed E-state index contributed by atoms with van der Waals surface area (Å²) < 4.78 is 0. The lowest BCUT2D eigenvalue weighted by molar-refractivity contribution is 0.672. The van der Waals surface area contributed by atoms with Crippen LogP contribution in [-0.2, 0) is 13.0 Å². The number of nitrogen functional groups attached to an aromatic ring is 2. The third kappa shape index (κ3) is 2.74. The van der Waals surface area contributed by atoms with Crippen LogP contribution in [0.3, 0.4) is 0 Å². The Kier molecular flexibility index (Phi) is 3.70. The monoisotopic (exact) mass is 299 g/mol. The van der Waals surface area contributed by atoms with E-state index in [0.29, 0.717) is 18.3 Å². The van der Waals surface area contributed by atoms with E-state index in [4.69, 9.17) is 11.5 Å². The fraction of sp³-hybridized carbons (Fsp3) is 0.400. The molecular weight excluding hydrogens is 278 g/mol. The standard InChI is InChI=1S/C15H21N7/c1-21(2)15-19-13(18-14(17)20-15)9-22-8-4-5-10-11(16)6-3-7-12(10)22/h3,6-7H,4-5,8-9,16H2,1-2H3,(H2,17,18,19,20). The van der Waals surface area contributed by atoms with E-state index in [9.17, 15) is 0 Å². The van der Waals surface area contributed by atoms with Crippen LogP contribution in [0.2, 0.25) is 0 Å². The average Bonchev–Trinajstić information content (AvgIpc) is 2.48. The molecule has 1 aromatic carbocycles. The van der Waals surface area contributed by atoms with Gasteiger partial charge in [-0.25, -0.2) is 0 Å². The number of benzene rings is 1. The fourth-order valence-corrected chi connectivity index (χ4v) is 2.76. The second-order valence-electron chi connectivity index (χ2n) is 5.67. The lowest BCUT2D eigenvalue weighted by Crippen LogP contribution is -2.30. The van der Waals surface area contributed by atoms with Crippen molar-refractivity contribution in [2.24, 2.45) is 0 Å². The van der Waals surface area contributed by atoms with Crippen molar-refractivity contribution in [1.29, 1.82) is 0 Å². The molecule has 4 N–H and O–H groups in total. The van der Waals surface area contributed by atoms with E-state index in [1.165, 1.54) is 5.56 Å². The van der Waals surface area contributed by atoms with Crippen molar-refractivity contribution in [2.45, 2.75) is 19.4 Å². The second kappa shape index (κ2) is 5.67. The van der Waals surface area contributed by atoms with Gasteiger partial charge in [-0.2, -0.15) is 15.0 Å². The van der Waals surface area contributed by atoms with Crippen LogP contribution in [-0.4, -0.2) is 35.6 Å². The molecule has 1 aliphatic rings. The van der Waals surface area contributed by atoms with E-state index in [2.05, 4.69) is 25.9 Å². The maximum Gasteiger partial charge on any atom is 0.229 e. The molecule has 3 rings (SSSR count). The maximum atomic E-state index is 6.09. The Morgan fingerprint density at radius 3 is 2.77 bits per heavy atom. The van der Waals surface area contributed by atoms with Crippen molar-refractivity contribution in [2.75, 3.05) is 41.9 Å². The minimum Gasteiger partial charge on any atom is -0.398 e. The molecule has 7 heteroatoms. The van der Waals surface area contributed by atoms with E-state index in [0.717, 1.165) is 30.8 Å². The first-order valence-corrected chi connectivity index (χ1v) is 7.34. The number of fused-ring (bicyclic) bond motifs is 1. The Labute approximate surface area is 130 Å². The van der Waals surface area contributed by atoms with Gasteiger partial charge in [-0.3, -0.25) is 0 Å². The number of anilines is 4. The van der Waals surface area contributed by atoms with Gasteiger partial charge >= 0.3 is 0 Å². The predicted octanol–water partition coefficient (Wildman–Crippen LogP) is 1.05. The average molecular weight is 299 g/mol. The van der Waals surface area contributed by atoms with Crippen molar-refractivity contribution in [3.05, 3.63) is 29.6 Å². The highest BCUT2D eigenvalue weighted by Gasteiger charge is 2.20. The summed E-state index contributed by atoms with van der Waals surface area (Å²) in [5.41, 5.74) is 15.1. The Bertz CT molecular complexity index is 684. The number of hydrogen-bond donors (Lipinski definition) is 2. The van der Waals surface area contributed by atoms with Crippen LogP contribution in [0.15, 0.2) is 18.2 Å². The molecule has 0 aliphatic carbocycles. The molecule has 2 heterocycles. The number of aromatic nitrogens is 3. The molecule has 0 radical (unpaired) electrons. The quantitative estimate of drug-likeness (QED) is 0.818. The number of nitrogens with zero attached hydrogens (tertiary/aromatic N) is 5. The Hall–Kier alpha value is -2.57. The second-order valence-corrected chi connectivity index (χ2v) is 5.67. The van der Waals surface area contributed by atoms with Crippen molar-refractivity contribution >= 4 is 23.3 Å². The molecule has 0 spiro atoms. The predicted molar refractivity (Wildman–Crippen MR) is 88.8 cm³/mol. The summed E-state index contributed by atoms with van der Waals surface area (Å²) in [4.78, 5) is 16.9. The first-order valence-electron chi connectivity index (χ1n) is 7.34. The highest BCUT2D eigenvalue weighted by molar-refractivity contribution is 5.66. The molecule has 116 valence electrons. The van der Waals surface area contributed by atoms with Gasteiger partial charge in [0.2, 0.25) is 11.9 Å². The number of nitrogens with two attached hydrogens (primary N) is 2. The van der Waals surface area contributed by atoms with Gasteiger partial charge in [-0.15, -0.1) is 0 Å². The summed E-state index contributed by atoms with van der Waals surface area (Å²) in [5, 5.41) is 0. The van der Waals surface area contributed by atoms with Crippen LogP contribution in [0.25, 0.3) is 0 Å². The minimum absolute atomic E-state index is 0.249. The molecular formula is C15H21N7. The van der Waals surface area contributed by atoms with E-state index in [1.807, 2.05) is 31.1 Å². The topological polar surface area (TPSA) is 97.2 Å². The van der Waals surface area contributed by atoms with Crippen LogP contribution in [0.1, 0.15) is 17.8 Å². The smallest absolute Gasteiger partial charge is 0.229 e. The molecule has 0 saturated heterocycles. The third-order valence-corrected chi connectivity index (χ3v) is 3.80. The van der Waals surface area contributed by atoms with Gasteiger partial charge in [0.1, 0.15) is 0 Å². The maximum absolute atomic E-state index is 6.09. The molecule has 2 aromatic rings. The summed E-state index contributed by atoms with van der Waals surface area (Å²) >= 11 is 0. The van der Waals surface area contributed by atoms with Crippen LogP contribution < -0.4 is 21.3 Å². The summed E-state index contributed by atoms with van der Waals surface area (Å²) in [7, 11) is 3.77. The number of rotatable bonds is 3. The highest BCUT2D eigenvalue weighted by atomic mass is 15.3. The molecule has 0 unspecified atom stereocenters. The molecule has 0 saturated carbocycles. The third-order valence-electron chi connectivity index (χ3n) is 3.80. The van der Waals surface area contributed by atoms with Gasteiger partial charge < -0.3 is 21.3 Å². The molecule has 7 nitrogen and oxygen atoms in total. The Morgan fingerprint density at radius 1 is 1.18 bits per heavy atom. The van der Waals surface area contributed by atoms with Crippen molar-refractivity contribution < 1.29 is 0 Å². The number of hydrogen-bond acceptors (Lipinski definition) is 7. The van der Waals surface area contributed by atoms with Crippen molar-refractivity contribution in [3.63, 3.8) is 0 Å². The first kappa shape index (κ1) is 14.4. The van der Waals surface area contributed by atoms with Crippen LogP contribution in [0.5, 0.6) is 0 Å². The summed E-state index contributed by atoms with van der Waals surface area (Å²) in [6, 6.07) is 6.04. The molecule has 22 heavy (non-hydrogen) atoms. The Balaban J connectivity index is 1.91. The van der Waals surface area contributed by atoms with Gasteiger partial charge in [0, 0.05) is 32.0 Å². The van der Waals surface area contributed by atoms with E-state index < -0.39 is 0 Å². The molecule has 1 aromatic heterocycles. The lowest BCUT2D eigenvalue weighted by atomic mass is 10.00. The first-order chi connectivity index (χ1) is 10.5. The van der Waals surface area contributed by atoms with Crippen LogP contribution in [0, 0.1) is 0 Å². The largest absolute Gasteiger partial charge is 0.398 e. The molecule has 0 fully saturated rings. The van der Waals surface area contributed by atoms with E-state index >= 15 is 0 Å². The van der Waals surface area contributed by atoms with Gasteiger partial charge in [-0.1, -0.05) is 6.07 Å². The summed E-state index contributed by atoms with van der Waals surface area (Å²) in [5.74, 6) is 1.50. The van der Waals surface area contributed by atoms with Crippen LogP contribution in [0.4, 0.5) is 23.3 Å². The SMILES string of the molecule is CN(C)c1nc(N)nc(CN2CCCc3c(N)cccc32)n1. The van der Waals surface area contributed by atoms with E-state index in [-0.39, 0.29) is 5.95 Å². The van der Waals surface area contributed by atoms with Crippen LogP contribution >= 0.6 is 0 Å². The molecule has 0 bridgehead atoms. The van der Waals surface area contributed by atoms with Gasteiger partial charge in [0.15, 0.2) is 5.82 Å².